The van der Waals surface area contributed by atoms with Crippen molar-refractivity contribution in [3.63, 3.8) is 0 Å². The van der Waals surface area contributed by atoms with Crippen LogP contribution >= 0.6 is 24.0 Å². The lowest BCUT2D eigenvalue weighted by molar-refractivity contribution is 0.0963. The second kappa shape index (κ2) is 12.0. The third-order valence-electron chi connectivity index (χ3n) is 4.86. The number of piperidine rings is 1. The third kappa shape index (κ3) is 7.56. The Morgan fingerprint density at radius 3 is 2.48 bits per heavy atom. The summed E-state index contributed by atoms with van der Waals surface area (Å²) >= 11 is 0. The van der Waals surface area contributed by atoms with E-state index in [4.69, 9.17) is 10.5 Å². The molecule has 1 amide bonds. The minimum atomic E-state index is -0.227. The van der Waals surface area contributed by atoms with Gasteiger partial charge in [-0.25, -0.2) is 4.79 Å². The summed E-state index contributed by atoms with van der Waals surface area (Å²) in [6.07, 6.45) is 1.47. The van der Waals surface area contributed by atoms with Crippen LogP contribution in [0.4, 0.5) is 4.79 Å². The average Bonchev–Trinajstić information content (AvgIpc) is 2.63. The van der Waals surface area contributed by atoms with Gasteiger partial charge >= 0.3 is 6.09 Å². The van der Waals surface area contributed by atoms with Crippen LogP contribution in [-0.2, 0) is 4.74 Å². The van der Waals surface area contributed by atoms with Crippen molar-refractivity contribution in [3.05, 3.63) is 35.9 Å². The van der Waals surface area contributed by atoms with E-state index in [0.717, 1.165) is 12.8 Å². The van der Waals surface area contributed by atoms with Crippen molar-refractivity contribution >= 4 is 36.0 Å². The molecule has 0 aliphatic carbocycles. The van der Waals surface area contributed by atoms with Gasteiger partial charge in [0.2, 0.25) is 0 Å². The molecule has 1 aliphatic heterocycles. The molecule has 1 unspecified atom stereocenters. The second-order valence-electron chi connectivity index (χ2n) is 7.09. The van der Waals surface area contributed by atoms with Crippen molar-refractivity contribution in [2.45, 2.75) is 45.6 Å². The lowest BCUT2D eigenvalue weighted by Gasteiger charge is -2.31. The van der Waals surface area contributed by atoms with Crippen LogP contribution in [-0.4, -0.2) is 49.2 Å². The van der Waals surface area contributed by atoms with Crippen molar-refractivity contribution in [3.8, 4) is 0 Å². The van der Waals surface area contributed by atoms with Crippen molar-refractivity contribution in [2.75, 3.05) is 26.2 Å². The van der Waals surface area contributed by atoms with E-state index in [9.17, 15) is 4.79 Å². The quantitative estimate of drug-likeness (QED) is 0.365. The lowest BCUT2D eigenvalue weighted by Crippen LogP contribution is -2.48. The Bertz CT molecular complexity index is 587. The Morgan fingerprint density at radius 1 is 1.30 bits per heavy atom. The molecule has 0 saturated carbocycles. The van der Waals surface area contributed by atoms with Gasteiger partial charge in [0.25, 0.3) is 0 Å². The maximum absolute atomic E-state index is 11.7. The first-order chi connectivity index (χ1) is 12.5. The molecule has 2 rings (SSSR count). The van der Waals surface area contributed by atoms with E-state index in [-0.39, 0.29) is 36.1 Å². The molecule has 1 aromatic rings. The van der Waals surface area contributed by atoms with Gasteiger partial charge in [-0.05, 0) is 31.2 Å². The van der Waals surface area contributed by atoms with Gasteiger partial charge in [0.15, 0.2) is 5.96 Å². The fraction of sp³-hybridized carbons (Fsp3) is 0.600. The van der Waals surface area contributed by atoms with E-state index < -0.39 is 0 Å². The molecule has 0 radical (unpaired) electrons. The van der Waals surface area contributed by atoms with Gasteiger partial charge in [-0.15, -0.1) is 24.0 Å². The Labute approximate surface area is 179 Å². The maximum Gasteiger partial charge on any atom is 0.409 e. The van der Waals surface area contributed by atoms with Crippen LogP contribution in [0.15, 0.2) is 35.3 Å². The van der Waals surface area contributed by atoms with Gasteiger partial charge in [0.05, 0.1) is 6.61 Å². The first kappa shape index (κ1) is 23.5. The van der Waals surface area contributed by atoms with E-state index >= 15 is 0 Å². The minimum absolute atomic E-state index is 0. The van der Waals surface area contributed by atoms with E-state index in [2.05, 4.69) is 48.4 Å². The second-order valence-corrected chi connectivity index (χ2v) is 7.09. The number of ether oxygens (including phenoxy) is 1. The predicted octanol–water partition coefficient (Wildman–Crippen LogP) is 3.57. The Balaban J connectivity index is 0.00000364. The first-order valence-electron chi connectivity index (χ1n) is 9.54. The summed E-state index contributed by atoms with van der Waals surface area (Å²) in [6.45, 7) is 8.69. The number of aliphatic imine (C=N–C) groups is 1. The highest BCUT2D eigenvalue weighted by Gasteiger charge is 2.24. The number of benzene rings is 1. The van der Waals surface area contributed by atoms with Gasteiger partial charge in [-0.3, -0.25) is 4.99 Å². The molecular weight excluding hydrogens is 455 g/mol. The monoisotopic (exact) mass is 488 g/mol. The molecule has 152 valence electrons. The number of halogens is 1. The van der Waals surface area contributed by atoms with Crippen molar-refractivity contribution < 1.29 is 9.53 Å². The Hall–Kier alpha value is -1.51. The molecule has 1 aromatic carbocycles. The number of likely N-dealkylation sites (tertiary alicyclic amines) is 1. The highest BCUT2D eigenvalue weighted by Crippen LogP contribution is 2.24. The Kier molecular flexibility index (Phi) is 10.5. The molecule has 1 fully saturated rings. The molecule has 0 aromatic heterocycles. The first-order valence-corrected chi connectivity index (χ1v) is 9.54. The highest BCUT2D eigenvalue weighted by atomic mass is 127. The minimum Gasteiger partial charge on any atom is -0.450 e. The van der Waals surface area contributed by atoms with Crippen LogP contribution in [0.2, 0.25) is 0 Å². The normalized spacial score (nSPS) is 16.6. The average molecular weight is 488 g/mol. The summed E-state index contributed by atoms with van der Waals surface area (Å²) in [5, 5.41) is 3.31. The molecule has 3 N–H and O–H groups in total. The number of nitrogens with zero attached hydrogens (tertiary/aromatic N) is 2. The number of nitrogens with one attached hydrogen (secondary N) is 1. The molecule has 0 spiro atoms. The third-order valence-corrected chi connectivity index (χ3v) is 4.86. The molecule has 1 atom stereocenters. The van der Waals surface area contributed by atoms with Gasteiger partial charge in [-0.2, -0.15) is 0 Å². The predicted molar refractivity (Wildman–Crippen MR) is 121 cm³/mol. The number of guanidine groups is 1. The molecule has 27 heavy (non-hydrogen) atoms. The molecule has 1 heterocycles. The van der Waals surface area contributed by atoms with Crippen LogP contribution < -0.4 is 11.1 Å². The number of hydrogen-bond donors (Lipinski definition) is 2. The maximum atomic E-state index is 11.7. The summed E-state index contributed by atoms with van der Waals surface area (Å²) in [7, 11) is 0. The lowest BCUT2D eigenvalue weighted by atomic mass is 9.88. The smallest absolute Gasteiger partial charge is 0.409 e. The summed E-state index contributed by atoms with van der Waals surface area (Å²) in [6, 6.07) is 10.7. The number of nitrogens with two attached hydrogens (primary N) is 1. The number of amides is 1. The fourth-order valence-corrected chi connectivity index (χ4v) is 3.27. The standard InChI is InChI=1S/C20H32N4O2.HI/c1-4-26-20(25)24-12-10-17(11-13-24)23-19(21)22-14-18(15(2)3)16-8-6-5-7-9-16;/h5-9,15,17-18H,4,10-14H2,1-3H3,(H3,21,22,23);1H. The fourth-order valence-electron chi connectivity index (χ4n) is 3.27. The van der Waals surface area contributed by atoms with Crippen LogP contribution in [0.25, 0.3) is 0 Å². The van der Waals surface area contributed by atoms with E-state index in [1.807, 2.05) is 13.0 Å². The van der Waals surface area contributed by atoms with Crippen molar-refractivity contribution in [1.29, 1.82) is 0 Å². The summed E-state index contributed by atoms with van der Waals surface area (Å²) in [4.78, 5) is 18.1. The van der Waals surface area contributed by atoms with Gasteiger partial charge in [0.1, 0.15) is 0 Å². The number of hydrogen-bond acceptors (Lipinski definition) is 3. The molecule has 1 saturated heterocycles. The van der Waals surface area contributed by atoms with Crippen LogP contribution in [0, 0.1) is 5.92 Å². The number of carbonyl (C=O) groups is 1. The number of rotatable bonds is 6. The van der Waals surface area contributed by atoms with E-state index in [0.29, 0.717) is 44.0 Å². The molecular formula is C20H33IN4O2. The zero-order valence-corrected chi connectivity index (χ0v) is 18.9. The van der Waals surface area contributed by atoms with Crippen molar-refractivity contribution in [2.24, 2.45) is 16.6 Å². The van der Waals surface area contributed by atoms with Crippen molar-refractivity contribution in [1.82, 2.24) is 10.2 Å². The summed E-state index contributed by atoms with van der Waals surface area (Å²) < 4.78 is 5.05. The largest absolute Gasteiger partial charge is 0.450 e. The molecule has 0 bridgehead atoms. The molecule has 7 heteroatoms. The molecule has 6 nitrogen and oxygen atoms in total. The van der Waals surface area contributed by atoms with Crippen LogP contribution in [0.5, 0.6) is 0 Å². The Morgan fingerprint density at radius 2 is 1.93 bits per heavy atom. The topological polar surface area (TPSA) is 80.0 Å². The summed E-state index contributed by atoms with van der Waals surface area (Å²) in [5.41, 5.74) is 7.40. The van der Waals surface area contributed by atoms with Gasteiger partial charge < -0.3 is 20.7 Å². The van der Waals surface area contributed by atoms with Crippen LogP contribution in [0.3, 0.4) is 0 Å². The molecule has 1 aliphatic rings. The van der Waals surface area contributed by atoms with E-state index in [1.165, 1.54) is 5.56 Å². The SMILES string of the molecule is CCOC(=O)N1CCC(NC(N)=NCC(c2ccccc2)C(C)C)CC1.I. The van der Waals surface area contributed by atoms with Gasteiger partial charge in [-0.1, -0.05) is 44.2 Å². The zero-order valence-electron chi connectivity index (χ0n) is 16.6. The zero-order chi connectivity index (χ0) is 18.9. The summed E-state index contributed by atoms with van der Waals surface area (Å²) in [5.74, 6) is 1.32. The number of carbonyl (C=O) groups excluding carboxylic acids is 1. The van der Waals surface area contributed by atoms with Crippen LogP contribution in [0.1, 0.15) is 45.1 Å². The highest BCUT2D eigenvalue weighted by molar-refractivity contribution is 14.0. The van der Waals surface area contributed by atoms with E-state index in [1.54, 1.807) is 4.90 Å². The van der Waals surface area contributed by atoms with Gasteiger partial charge in [0, 0.05) is 31.6 Å².